The Kier molecular flexibility index (Phi) is 7.59. The van der Waals surface area contributed by atoms with Gasteiger partial charge in [0.15, 0.2) is 6.29 Å². The third-order valence-electron chi connectivity index (χ3n) is 5.57. The lowest BCUT2D eigenvalue weighted by Crippen LogP contribution is -2.38. The van der Waals surface area contributed by atoms with Crippen LogP contribution in [0.1, 0.15) is 50.2 Å². The first kappa shape index (κ1) is 24.2. The molecule has 1 amide bonds. The van der Waals surface area contributed by atoms with Gasteiger partial charge in [0.1, 0.15) is 5.60 Å². The molecule has 0 aliphatic carbocycles. The predicted octanol–water partition coefficient (Wildman–Crippen LogP) is 3.34. The highest BCUT2D eigenvalue weighted by atomic mass is 16.6. The number of nitrogens with zero attached hydrogens (tertiary/aromatic N) is 3. The van der Waals surface area contributed by atoms with Gasteiger partial charge in [-0.1, -0.05) is 12.1 Å². The van der Waals surface area contributed by atoms with Crippen LogP contribution < -0.4 is 5.32 Å². The quantitative estimate of drug-likeness (QED) is 0.637. The van der Waals surface area contributed by atoms with Crippen molar-refractivity contribution in [3.63, 3.8) is 0 Å². The van der Waals surface area contributed by atoms with Gasteiger partial charge in [-0.25, -0.2) is 9.48 Å². The molecule has 0 saturated carbocycles. The third-order valence-corrected chi connectivity index (χ3v) is 5.57. The lowest BCUT2D eigenvalue weighted by Gasteiger charge is -2.26. The van der Waals surface area contributed by atoms with E-state index in [2.05, 4.69) is 10.4 Å². The average Bonchev–Trinajstić information content (AvgIpc) is 3.33. The third kappa shape index (κ3) is 6.09. The fourth-order valence-corrected chi connectivity index (χ4v) is 4.04. The Balaban J connectivity index is 1.68. The van der Waals surface area contributed by atoms with E-state index in [-0.39, 0.29) is 12.0 Å². The summed E-state index contributed by atoms with van der Waals surface area (Å²) in [5, 5.41) is 18.6. The van der Waals surface area contributed by atoms with Crippen LogP contribution in [0.15, 0.2) is 30.3 Å². The van der Waals surface area contributed by atoms with E-state index in [1.54, 1.807) is 4.90 Å². The van der Waals surface area contributed by atoms with Gasteiger partial charge >= 0.3 is 6.09 Å². The van der Waals surface area contributed by atoms with Crippen LogP contribution in [-0.2, 0) is 9.47 Å². The second-order valence-corrected chi connectivity index (χ2v) is 9.53. The molecule has 1 saturated heterocycles. The molecule has 8 nitrogen and oxygen atoms in total. The topological polar surface area (TPSA) is 88.9 Å². The summed E-state index contributed by atoms with van der Waals surface area (Å²) in [4.78, 5) is 14.1. The maximum Gasteiger partial charge on any atom is 0.410 e. The summed E-state index contributed by atoms with van der Waals surface area (Å²) >= 11 is 0. The van der Waals surface area contributed by atoms with E-state index in [0.29, 0.717) is 19.6 Å². The predicted molar refractivity (Wildman–Crippen MR) is 123 cm³/mol. The standard InChI is InChI=1S/C24H36N4O4/c1-16-12-17(2)28(26-16)20-9-7-8-19(13-20)21(22(29)31-6)25-14-18-10-11-27(15-18)23(30)32-24(3,4)5/h7-9,12-13,18,21-22,25,29H,10-11,14-15H2,1-6H3. The van der Waals surface area contributed by atoms with Crippen LogP contribution in [0.5, 0.6) is 0 Å². The smallest absolute Gasteiger partial charge is 0.410 e. The van der Waals surface area contributed by atoms with Crippen LogP contribution in [0.25, 0.3) is 5.69 Å². The van der Waals surface area contributed by atoms with E-state index in [9.17, 15) is 9.90 Å². The van der Waals surface area contributed by atoms with E-state index < -0.39 is 17.9 Å². The first-order valence-corrected chi connectivity index (χ1v) is 11.1. The van der Waals surface area contributed by atoms with Crippen molar-refractivity contribution < 1.29 is 19.4 Å². The van der Waals surface area contributed by atoms with Gasteiger partial charge in [0.2, 0.25) is 0 Å². The Morgan fingerprint density at radius 3 is 2.69 bits per heavy atom. The fourth-order valence-electron chi connectivity index (χ4n) is 4.04. The normalized spacial score (nSPS) is 18.6. The molecule has 0 spiro atoms. The molecular formula is C24H36N4O4. The van der Waals surface area contributed by atoms with E-state index in [4.69, 9.17) is 9.47 Å². The van der Waals surface area contributed by atoms with Gasteiger partial charge < -0.3 is 24.8 Å². The van der Waals surface area contributed by atoms with E-state index in [1.165, 1.54) is 7.11 Å². The number of amides is 1. The van der Waals surface area contributed by atoms with Crippen LogP contribution in [0.3, 0.4) is 0 Å². The second kappa shape index (κ2) is 10.0. The Morgan fingerprint density at radius 1 is 1.31 bits per heavy atom. The molecule has 3 rings (SSSR count). The van der Waals surface area contributed by atoms with E-state index in [1.807, 2.05) is 69.6 Å². The van der Waals surface area contributed by atoms with Crippen molar-refractivity contribution >= 4 is 6.09 Å². The molecule has 32 heavy (non-hydrogen) atoms. The first-order chi connectivity index (χ1) is 15.1. The number of rotatable bonds is 7. The molecule has 1 aromatic heterocycles. The zero-order valence-corrected chi connectivity index (χ0v) is 20.0. The number of carbonyl (C=O) groups excluding carboxylic acids is 1. The van der Waals surface area contributed by atoms with Crippen molar-refractivity contribution in [2.75, 3.05) is 26.7 Å². The number of ether oxygens (including phenoxy) is 2. The highest BCUT2D eigenvalue weighted by Crippen LogP contribution is 2.24. The average molecular weight is 445 g/mol. The maximum absolute atomic E-state index is 12.3. The van der Waals surface area contributed by atoms with Crippen LogP contribution in [0, 0.1) is 19.8 Å². The molecule has 3 unspecified atom stereocenters. The molecule has 0 bridgehead atoms. The summed E-state index contributed by atoms with van der Waals surface area (Å²) in [6.45, 7) is 11.5. The van der Waals surface area contributed by atoms with Gasteiger partial charge in [-0.05, 0) is 70.7 Å². The molecular weight excluding hydrogens is 408 g/mol. The molecule has 1 aliphatic rings. The SMILES string of the molecule is COC(O)C(NCC1CCN(C(=O)OC(C)(C)C)C1)c1cccc(-n2nc(C)cc2C)c1. The molecule has 1 aromatic carbocycles. The number of hydrogen-bond donors (Lipinski definition) is 2. The monoisotopic (exact) mass is 444 g/mol. The van der Waals surface area contributed by atoms with Crippen LogP contribution in [-0.4, -0.2) is 64.5 Å². The number of methoxy groups -OCH3 is 1. The Bertz CT molecular complexity index is 921. The molecule has 8 heteroatoms. The number of hydrogen-bond acceptors (Lipinski definition) is 6. The van der Waals surface area contributed by atoms with E-state index >= 15 is 0 Å². The van der Waals surface area contributed by atoms with Crippen LogP contribution in [0.4, 0.5) is 4.79 Å². The van der Waals surface area contributed by atoms with Crippen molar-refractivity contribution in [1.29, 1.82) is 0 Å². The number of likely N-dealkylation sites (tertiary alicyclic amines) is 1. The lowest BCUT2D eigenvalue weighted by molar-refractivity contribution is -0.0986. The van der Waals surface area contributed by atoms with Gasteiger partial charge in [-0.3, -0.25) is 0 Å². The van der Waals surface area contributed by atoms with Crippen molar-refractivity contribution in [3.05, 3.63) is 47.3 Å². The van der Waals surface area contributed by atoms with Gasteiger partial charge in [-0.15, -0.1) is 0 Å². The van der Waals surface area contributed by atoms with Crippen LogP contribution >= 0.6 is 0 Å². The number of carbonyl (C=O) groups is 1. The summed E-state index contributed by atoms with van der Waals surface area (Å²) in [5.41, 5.74) is 3.34. The van der Waals surface area contributed by atoms with Crippen molar-refractivity contribution in [2.45, 2.75) is 59.0 Å². The van der Waals surface area contributed by atoms with Crippen molar-refractivity contribution in [2.24, 2.45) is 5.92 Å². The zero-order chi connectivity index (χ0) is 23.5. The van der Waals surface area contributed by atoms with E-state index in [0.717, 1.165) is 29.1 Å². The molecule has 3 atom stereocenters. The molecule has 2 N–H and O–H groups in total. The maximum atomic E-state index is 12.3. The Morgan fingerprint density at radius 2 is 2.06 bits per heavy atom. The van der Waals surface area contributed by atoms with Gasteiger partial charge in [0.25, 0.3) is 0 Å². The van der Waals surface area contributed by atoms with Crippen molar-refractivity contribution in [1.82, 2.24) is 20.0 Å². The highest BCUT2D eigenvalue weighted by molar-refractivity contribution is 5.68. The summed E-state index contributed by atoms with van der Waals surface area (Å²) in [7, 11) is 1.49. The summed E-state index contributed by atoms with van der Waals surface area (Å²) in [5.74, 6) is 0.272. The van der Waals surface area contributed by atoms with Gasteiger partial charge in [-0.2, -0.15) is 5.10 Å². The molecule has 0 radical (unpaired) electrons. The fraction of sp³-hybridized carbons (Fsp3) is 0.583. The zero-order valence-electron chi connectivity index (χ0n) is 20.0. The number of nitrogens with one attached hydrogen (secondary N) is 1. The molecule has 176 valence electrons. The minimum Gasteiger partial charge on any atom is -0.444 e. The summed E-state index contributed by atoms with van der Waals surface area (Å²) in [6.07, 6.45) is -0.395. The Labute approximate surface area is 190 Å². The lowest BCUT2D eigenvalue weighted by atomic mass is 10.0. The van der Waals surface area contributed by atoms with Crippen LogP contribution in [0.2, 0.25) is 0 Å². The minimum absolute atomic E-state index is 0.272. The molecule has 1 fully saturated rings. The number of aliphatic hydroxyl groups is 1. The highest BCUT2D eigenvalue weighted by Gasteiger charge is 2.31. The Hall–Kier alpha value is -2.42. The number of aromatic nitrogens is 2. The first-order valence-electron chi connectivity index (χ1n) is 11.1. The minimum atomic E-state index is -1.01. The second-order valence-electron chi connectivity index (χ2n) is 9.53. The molecule has 2 aromatic rings. The van der Waals surface area contributed by atoms with Gasteiger partial charge in [0, 0.05) is 32.4 Å². The number of aliphatic hydroxyl groups excluding tert-OH is 1. The van der Waals surface area contributed by atoms with Crippen molar-refractivity contribution in [3.8, 4) is 5.69 Å². The largest absolute Gasteiger partial charge is 0.444 e. The summed E-state index contributed by atoms with van der Waals surface area (Å²) in [6, 6.07) is 9.56. The summed E-state index contributed by atoms with van der Waals surface area (Å²) < 4.78 is 12.6. The number of benzene rings is 1. The molecule has 1 aliphatic heterocycles. The molecule has 2 heterocycles. The number of aryl methyl sites for hydroxylation is 2. The van der Waals surface area contributed by atoms with Gasteiger partial charge in [0.05, 0.1) is 17.4 Å².